The predicted molar refractivity (Wildman–Crippen MR) is 59.0 cm³/mol. The van der Waals surface area contributed by atoms with E-state index in [-0.39, 0.29) is 10.6 Å². The highest BCUT2D eigenvalue weighted by Gasteiger charge is 2.45. The third-order valence-electron chi connectivity index (χ3n) is 3.05. The van der Waals surface area contributed by atoms with Crippen LogP contribution in [0.25, 0.3) is 0 Å². The smallest absolute Gasteiger partial charge is 0.123 e. The van der Waals surface area contributed by atoms with E-state index in [4.69, 9.17) is 0 Å². The molecule has 0 N–H and O–H groups in total. The Balaban J connectivity index is 2.15. The van der Waals surface area contributed by atoms with Crippen molar-refractivity contribution in [2.75, 3.05) is 0 Å². The van der Waals surface area contributed by atoms with E-state index in [2.05, 4.69) is 13.0 Å². The van der Waals surface area contributed by atoms with Crippen molar-refractivity contribution < 1.29 is 4.39 Å². The molecule has 1 aliphatic carbocycles. The molecule has 0 heterocycles. The standard InChI is InChI=1S/C12H12FNS/c1-9-6-7-12(9,8-14)15-11-4-2-10(13)3-5-11/h2-5,9H,6-7H2,1H3. The largest absolute Gasteiger partial charge is 0.207 e. The summed E-state index contributed by atoms with van der Waals surface area (Å²) in [5.74, 6) is 0.199. The summed E-state index contributed by atoms with van der Waals surface area (Å²) in [6.07, 6.45) is 2.05. The first-order chi connectivity index (χ1) is 7.16. The van der Waals surface area contributed by atoms with Gasteiger partial charge in [0, 0.05) is 4.90 Å². The van der Waals surface area contributed by atoms with Crippen LogP contribution in [0.5, 0.6) is 0 Å². The van der Waals surface area contributed by atoms with Crippen LogP contribution in [0.1, 0.15) is 19.8 Å². The first-order valence-corrected chi connectivity index (χ1v) is 5.84. The zero-order valence-electron chi connectivity index (χ0n) is 8.53. The summed E-state index contributed by atoms with van der Waals surface area (Å²) in [6.45, 7) is 2.10. The van der Waals surface area contributed by atoms with Crippen molar-refractivity contribution in [2.24, 2.45) is 5.92 Å². The number of halogens is 1. The number of hydrogen-bond donors (Lipinski definition) is 0. The molecule has 1 aromatic carbocycles. The summed E-state index contributed by atoms with van der Waals surface area (Å²) in [5, 5.41) is 9.18. The molecule has 3 heteroatoms. The molecule has 0 amide bonds. The lowest BCUT2D eigenvalue weighted by molar-refractivity contribution is 0.297. The number of nitrogens with zero attached hydrogens (tertiary/aromatic N) is 1. The Kier molecular flexibility index (Phi) is 2.70. The van der Waals surface area contributed by atoms with Gasteiger partial charge in [-0.05, 0) is 43.0 Å². The summed E-state index contributed by atoms with van der Waals surface area (Å²) in [6, 6.07) is 8.76. The molecular formula is C12H12FNS. The highest BCUT2D eigenvalue weighted by atomic mass is 32.2. The monoisotopic (exact) mass is 221 g/mol. The van der Waals surface area contributed by atoms with Crippen molar-refractivity contribution in [2.45, 2.75) is 29.4 Å². The van der Waals surface area contributed by atoms with Gasteiger partial charge in [-0.25, -0.2) is 4.39 Å². The fourth-order valence-corrected chi connectivity index (χ4v) is 3.03. The van der Waals surface area contributed by atoms with Gasteiger partial charge in [0.15, 0.2) is 0 Å². The van der Waals surface area contributed by atoms with Crippen molar-refractivity contribution in [1.29, 1.82) is 5.26 Å². The highest BCUT2D eigenvalue weighted by Crippen LogP contribution is 2.51. The zero-order chi connectivity index (χ0) is 10.9. The van der Waals surface area contributed by atoms with Crippen LogP contribution >= 0.6 is 11.8 Å². The molecule has 1 fully saturated rings. The number of rotatable bonds is 2. The molecular weight excluding hydrogens is 209 g/mol. The van der Waals surface area contributed by atoms with Crippen LogP contribution in [0, 0.1) is 23.1 Å². The minimum atomic E-state index is -0.280. The van der Waals surface area contributed by atoms with Gasteiger partial charge >= 0.3 is 0 Å². The second-order valence-electron chi connectivity index (χ2n) is 4.00. The molecule has 2 atom stereocenters. The molecule has 0 aliphatic heterocycles. The molecule has 2 rings (SSSR count). The molecule has 1 nitrogen and oxygen atoms in total. The Bertz CT molecular complexity index is 395. The summed E-state index contributed by atoms with van der Waals surface area (Å²) < 4.78 is 12.4. The summed E-state index contributed by atoms with van der Waals surface area (Å²) in [4.78, 5) is 0.976. The first kappa shape index (κ1) is 10.5. The van der Waals surface area contributed by atoms with Crippen LogP contribution in [0.15, 0.2) is 29.2 Å². The minimum absolute atomic E-state index is 0.230. The maximum absolute atomic E-state index is 12.7. The van der Waals surface area contributed by atoms with Gasteiger partial charge in [-0.15, -0.1) is 11.8 Å². The van der Waals surface area contributed by atoms with E-state index in [1.54, 1.807) is 23.9 Å². The number of benzene rings is 1. The van der Waals surface area contributed by atoms with E-state index >= 15 is 0 Å². The molecule has 1 saturated carbocycles. The van der Waals surface area contributed by atoms with Gasteiger partial charge < -0.3 is 0 Å². The number of hydrogen-bond acceptors (Lipinski definition) is 2. The lowest BCUT2D eigenvalue weighted by Gasteiger charge is -2.41. The van der Waals surface area contributed by atoms with Crippen LogP contribution < -0.4 is 0 Å². The van der Waals surface area contributed by atoms with Crippen molar-refractivity contribution in [1.82, 2.24) is 0 Å². The average molecular weight is 221 g/mol. The van der Waals surface area contributed by atoms with Crippen LogP contribution in [0.4, 0.5) is 4.39 Å². The second-order valence-corrected chi connectivity index (χ2v) is 5.40. The third-order valence-corrected chi connectivity index (χ3v) is 4.62. The Labute approximate surface area is 93.3 Å². The van der Waals surface area contributed by atoms with Gasteiger partial charge in [-0.1, -0.05) is 6.92 Å². The topological polar surface area (TPSA) is 23.8 Å². The van der Waals surface area contributed by atoms with Crippen molar-refractivity contribution in [3.8, 4) is 6.07 Å². The minimum Gasteiger partial charge on any atom is -0.207 e. The number of nitriles is 1. The molecule has 15 heavy (non-hydrogen) atoms. The summed E-state index contributed by atoms with van der Waals surface area (Å²) >= 11 is 1.57. The van der Waals surface area contributed by atoms with Crippen LogP contribution in [0.2, 0.25) is 0 Å². The predicted octanol–water partition coefficient (Wildman–Crippen LogP) is 3.61. The van der Waals surface area contributed by atoms with E-state index in [1.807, 2.05) is 0 Å². The molecule has 0 spiro atoms. The van der Waals surface area contributed by atoms with Gasteiger partial charge in [0.2, 0.25) is 0 Å². The molecule has 0 bridgehead atoms. The van der Waals surface area contributed by atoms with Crippen LogP contribution in [-0.4, -0.2) is 4.75 Å². The van der Waals surface area contributed by atoms with Crippen molar-refractivity contribution in [3.05, 3.63) is 30.1 Å². The van der Waals surface area contributed by atoms with Gasteiger partial charge in [0.1, 0.15) is 10.6 Å². The quantitative estimate of drug-likeness (QED) is 0.761. The van der Waals surface area contributed by atoms with E-state index in [9.17, 15) is 9.65 Å². The van der Waals surface area contributed by atoms with E-state index in [1.165, 1.54) is 12.1 Å². The maximum Gasteiger partial charge on any atom is 0.123 e. The maximum atomic E-state index is 12.7. The van der Waals surface area contributed by atoms with Crippen LogP contribution in [0.3, 0.4) is 0 Å². The van der Waals surface area contributed by atoms with E-state index < -0.39 is 0 Å². The Morgan fingerprint density at radius 2 is 2.13 bits per heavy atom. The fraction of sp³-hybridized carbons (Fsp3) is 0.417. The molecule has 0 radical (unpaired) electrons. The second kappa shape index (κ2) is 3.86. The Hall–Kier alpha value is -1.01. The molecule has 78 valence electrons. The molecule has 0 saturated heterocycles. The highest BCUT2D eigenvalue weighted by molar-refractivity contribution is 8.01. The summed E-state index contributed by atoms with van der Waals surface area (Å²) in [5.41, 5.74) is 0. The normalized spacial score (nSPS) is 29.3. The van der Waals surface area contributed by atoms with Gasteiger partial charge in [0.25, 0.3) is 0 Å². The van der Waals surface area contributed by atoms with Crippen molar-refractivity contribution in [3.63, 3.8) is 0 Å². The van der Waals surface area contributed by atoms with Gasteiger partial charge in [0.05, 0.1) is 6.07 Å². The van der Waals surface area contributed by atoms with E-state index in [0.29, 0.717) is 5.92 Å². The Morgan fingerprint density at radius 3 is 2.53 bits per heavy atom. The fourth-order valence-electron chi connectivity index (χ4n) is 1.75. The van der Waals surface area contributed by atoms with E-state index in [0.717, 1.165) is 17.7 Å². The SMILES string of the molecule is CC1CCC1(C#N)Sc1ccc(F)cc1. The molecule has 1 aromatic rings. The first-order valence-electron chi connectivity index (χ1n) is 5.02. The Morgan fingerprint density at radius 1 is 1.47 bits per heavy atom. The molecule has 1 aliphatic rings. The molecule has 0 aromatic heterocycles. The average Bonchev–Trinajstić information content (AvgIpc) is 2.26. The van der Waals surface area contributed by atoms with Gasteiger partial charge in [-0.2, -0.15) is 5.26 Å². The lowest BCUT2D eigenvalue weighted by atomic mass is 9.75. The lowest BCUT2D eigenvalue weighted by Crippen LogP contribution is -2.40. The van der Waals surface area contributed by atoms with Crippen LogP contribution in [-0.2, 0) is 0 Å². The summed E-state index contributed by atoms with van der Waals surface area (Å²) in [7, 11) is 0. The van der Waals surface area contributed by atoms with Gasteiger partial charge in [-0.3, -0.25) is 0 Å². The zero-order valence-corrected chi connectivity index (χ0v) is 9.35. The molecule has 2 unspecified atom stereocenters. The number of thioether (sulfide) groups is 1. The van der Waals surface area contributed by atoms with Crippen molar-refractivity contribution >= 4 is 11.8 Å². The third kappa shape index (κ3) is 1.87.